The number of fused-ring (bicyclic) bond motifs is 1. The van der Waals surface area contributed by atoms with Gasteiger partial charge in [-0.3, -0.25) is 0 Å². The zero-order valence-corrected chi connectivity index (χ0v) is 22.5. The van der Waals surface area contributed by atoms with Crippen molar-refractivity contribution in [1.82, 2.24) is 9.62 Å². The number of rotatable bonds is 11. The molecule has 2 aliphatic heterocycles. The predicted octanol–water partition coefficient (Wildman–Crippen LogP) is 2.38. The number of nitrogens with one attached hydrogen (secondary N) is 1. The lowest BCUT2D eigenvalue weighted by Crippen LogP contribution is -2.51. The van der Waals surface area contributed by atoms with Crippen molar-refractivity contribution in [3.63, 3.8) is 0 Å². The molecular formula is C27H37N3O7S. The highest BCUT2D eigenvalue weighted by Crippen LogP contribution is 2.33. The predicted molar refractivity (Wildman–Crippen MR) is 142 cm³/mol. The molecule has 2 aromatic rings. The number of nitrogens with two attached hydrogens (primary N) is 1. The Balaban J connectivity index is 1.51. The topological polar surface area (TPSA) is 140 Å². The number of nitrogen functional groups attached to an aromatic ring is 1. The average Bonchev–Trinajstić information content (AvgIpc) is 3.49. The fourth-order valence-electron chi connectivity index (χ4n) is 4.82. The summed E-state index contributed by atoms with van der Waals surface area (Å²) in [4.78, 5) is 13.0. The maximum Gasteiger partial charge on any atom is 0.407 e. The molecule has 5 atom stereocenters. The van der Waals surface area contributed by atoms with Gasteiger partial charge in [0, 0.05) is 18.8 Å². The fraction of sp³-hybridized carbons (Fsp3) is 0.519. The number of benzene rings is 2. The van der Waals surface area contributed by atoms with E-state index in [9.17, 15) is 18.3 Å². The van der Waals surface area contributed by atoms with E-state index in [2.05, 4.69) is 5.32 Å². The summed E-state index contributed by atoms with van der Waals surface area (Å²) in [7, 11) is -3.93. The SMILES string of the molecule is CC(C)CN(C[C@@H](O)[C@@H](Cc1ccccc1)NC(=O)O[C@H]1CO[C@H]2OCCC21)S(=O)(=O)c1ccc(N)cc1. The van der Waals surface area contributed by atoms with Crippen LogP contribution in [0.4, 0.5) is 10.5 Å². The number of anilines is 1. The summed E-state index contributed by atoms with van der Waals surface area (Å²) in [5, 5.41) is 14.1. The first-order valence-corrected chi connectivity index (χ1v) is 14.4. The van der Waals surface area contributed by atoms with Gasteiger partial charge in [0.15, 0.2) is 6.29 Å². The molecule has 11 heteroatoms. The Morgan fingerprint density at radius 2 is 1.84 bits per heavy atom. The summed E-state index contributed by atoms with van der Waals surface area (Å²) in [5.41, 5.74) is 7.07. The minimum Gasteiger partial charge on any atom is -0.443 e. The molecule has 0 aliphatic carbocycles. The van der Waals surface area contributed by atoms with Crippen LogP contribution >= 0.6 is 0 Å². The molecule has 10 nitrogen and oxygen atoms in total. The molecule has 0 saturated carbocycles. The number of hydrogen-bond acceptors (Lipinski definition) is 8. The molecule has 2 fully saturated rings. The second kappa shape index (κ2) is 12.4. The molecule has 0 bridgehead atoms. The third-order valence-electron chi connectivity index (χ3n) is 6.79. The molecule has 38 heavy (non-hydrogen) atoms. The van der Waals surface area contributed by atoms with Crippen LogP contribution in [0.2, 0.25) is 0 Å². The van der Waals surface area contributed by atoms with Crippen LogP contribution in [0.15, 0.2) is 59.5 Å². The Kier molecular flexibility index (Phi) is 9.27. The van der Waals surface area contributed by atoms with Gasteiger partial charge in [0.25, 0.3) is 0 Å². The van der Waals surface area contributed by atoms with Crippen LogP contribution in [0.5, 0.6) is 0 Å². The number of carbonyl (C=O) groups is 1. The molecule has 208 valence electrons. The molecule has 1 amide bonds. The first kappa shape index (κ1) is 28.3. The summed E-state index contributed by atoms with van der Waals surface area (Å²) in [6.07, 6.45) is -1.69. The van der Waals surface area contributed by atoms with E-state index in [4.69, 9.17) is 19.9 Å². The molecule has 1 unspecified atom stereocenters. The lowest BCUT2D eigenvalue weighted by atomic mass is 10.0. The molecule has 4 rings (SSSR count). The van der Waals surface area contributed by atoms with Crippen LogP contribution < -0.4 is 11.1 Å². The number of aliphatic hydroxyl groups excluding tert-OH is 1. The zero-order valence-electron chi connectivity index (χ0n) is 21.7. The summed E-state index contributed by atoms with van der Waals surface area (Å²) in [5.74, 6) is -0.0231. The van der Waals surface area contributed by atoms with Crippen LogP contribution in [-0.4, -0.2) is 74.8 Å². The third-order valence-corrected chi connectivity index (χ3v) is 8.63. The highest BCUT2D eigenvalue weighted by atomic mass is 32.2. The van der Waals surface area contributed by atoms with Gasteiger partial charge in [-0.05, 0) is 48.6 Å². The number of alkyl carbamates (subject to hydrolysis) is 1. The second-order valence-corrected chi connectivity index (χ2v) is 12.2. The van der Waals surface area contributed by atoms with E-state index < -0.39 is 34.4 Å². The van der Waals surface area contributed by atoms with Gasteiger partial charge >= 0.3 is 6.09 Å². The van der Waals surface area contributed by atoms with Crippen LogP contribution in [0.3, 0.4) is 0 Å². The van der Waals surface area contributed by atoms with Crippen LogP contribution in [0.1, 0.15) is 25.8 Å². The van der Waals surface area contributed by atoms with Crippen molar-refractivity contribution < 1.29 is 32.5 Å². The Bertz CT molecular complexity index is 1160. The molecule has 2 aromatic carbocycles. The number of carbonyl (C=O) groups excluding carboxylic acids is 1. The molecule has 2 heterocycles. The van der Waals surface area contributed by atoms with E-state index in [0.717, 1.165) is 12.0 Å². The van der Waals surface area contributed by atoms with E-state index in [1.54, 1.807) is 0 Å². The van der Waals surface area contributed by atoms with Crippen molar-refractivity contribution in [3.8, 4) is 0 Å². The van der Waals surface area contributed by atoms with Gasteiger partial charge in [0.2, 0.25) is 10.0 Å². The number of hydrogen-bond donors (Lipinski definition) is 3. The third kappa shape index (κ3) is 7.03. The number of nitrogens with zero attached hydrogens (tertiary/aromatic N) is 1. The molecule has 4 N–H and O–H groups in total. The van der Waals surface area contributed by atoms with Gasteiger partial charge < -0.3 is 30.4 Å². The van der Waals surface area contributed by atoms with Crippen molar-refractivity contribution in [2.45, 2.75) is 56.1 Å². The van der Waals surface area contributed by atoms with E-state index in [1.165, 1.54) is 28.6 Å². The van der Waals surface area contributed by atoms with Gasteiger partial charge in [0.05, 0.1) is 36.2 Å². The first-order chi connectivity index (χ1) is 18.1. The average molecular weight is 548 g/mol. The van der Waals surface area contributed by atoms with E-state index >= 15 is 0 Å². The Hall–Kier alpha value is -2.70. The number of sulfonamides is 1. The quantitative estimate of drug-likeness (QED) is 0.364. The molecule has 0 spiro atoms. The number of aliphatic hydroxyl groups is 1. The fourth-order valence-corrected chi connectivity index (χ4v) is 6.45. The lowest BCUT2D eigenvalue weighted by molar-refractivity contribution is -0.0907. The highest BCUT2D eigenvalue weighted by molar-refractivity contribution is 7.89. The maximum atomic E-state index is 13.5. The van der Waals surface area contributed by atoms with Crippen molar-refractivity contribution in [1.29, 1.82) is 0 Å². The maximum absolute atomic E-state index is 13.5. The van der Waals surface area contributed by atoms with E-state index in [-0.39, 0.29) is 49.1 Å². The van der Waals surface area contributed by atoms with Crippen molar-refractivity contribution in [3.05, 3.63) is 60.2 Å². The lowest BCUT2D eigenvalue weighted by Gasteiger charge is -2.31. The molecular weight excluding hydrogens is 510 g/mol. The summed E-state index contributed by atoms with van der Waals surface area (Å²) in [6, 6.07) is 14.5. The van der Waals surface area contributed by atoms with E-state index in [0.29, 0.717) is 12.3 Å². The standard InChI is InChI=1S/C27H37N3O7S/c1-18(2)15-30(38(33,34)21-10-8-20(28)9-11-21)16-24(31)23(14-19-6-4-3-5-7-19)29-27(32)37-25-17-36-26-22(25)12-13-35-26/h3-11,18,22-26,31H,12-17,28H2,1-2H3,(H,29,32)/t22?,23-,24-,25+,26-/m1/s1. The monoisotopic (exact) mass is 547 g/mol. The van der Waals surface area contributed by atoms with Crippen LogP contribution in [0, 0.1) is 11.8 Å². The van der Waals surface area contributed by atoms with Gasteiger partial charge in [0.1, 0.15) is 6.10 Å². The van der Waals surface area contributed by atoms with Crippen molar-refractivity contribution in [2.24, 2.45) is 11.8 Å². The van der Waals surface area contributed by atoms with E-state index in [1.807, 2.05) is 44.2 Å². The summed E-state index contributed by atoms with van der Waals surface area (Å²) >= 11 is 0. The second-order valence-electron chi connectivity index (χ2n) is 10.3. The minimum atomic E-state index is -3.93. The highest BCUT2D eigenvalue weighted by Gasteiger charge is 2.44. The molecule has 2 aliphatic rings. The molecule has 0 radical (unpaired) electrons. The largest absolute Gasteiger partial charge is 0.443 e. The van der Waals surface area contributed by atoms with Crippen molar-refractivity contribution in [2.75, 3.05) is 32.0 Å². The Morgan fingerprint density at radius 1 is 1.13 bits per heavy atom. The molecule has 2 saturated heterocycles. The van der Waals surface area contributed by atoms with Gasteiger partial charge in [-0.25, -0.2) is 13.2 Å². The van der Waals surface area contributed by atoms with Gasteiger partial charge in [-0.2, -0.15) is 4.31 Å². The zero-order chi connectivity index (χ0) is 27.3. The first-order valence-electron chi connectivity index (χ1n) is 12.9. The molecule has 0 aromatic heterocycles. The summed E-state index contributed by atoms with van der Waals surface area (Å²) in [6.45, 7) is 4.58. The van der Waals surface area contributed by atoms with Crippen LogP contribution in [0.25, 0.3) is 0 Å². The minimum absolute atomic E-state index is 0.000183. The van der Waals surface area contributed by atoms with Crippen molar-refractivity contribution >= 4 is 21.8 Å². The normalized spacial score (nSPS) is 22.8. The summed E-state index contributed by atoms with van der Waals surface area (Å²) < 4.78 is 44.9. The Labute approximate surface area is 224 Å². The smallest absolute Gasteiger partial charge is 0.407 e. The number of ether oxygens (including phenoxy) is 3. The van der Waals surface area contributed by atoms with Gasteiger partial charge in [-0.1, -0.05) is 44.2 Å². The number of amides is 1. The Morgan fingerprint density at radius 3 is 2.53 bits per heavy atom. The van der Waals surface area contributed by atoms with Crippen LogP contribution in [-0.2, 0) is 30.7 Å². The van der Waals surface area contributed by atoms with Gasteiger partial charge in [-0.15, -0.1) is 0 Å².